The van der Waals surface area contributed by atoms with E-state index in [9.17, 15) is 4.79 Å². The quantitative estimate of drug-likeness (QED) is 0.845. The monoisotopic (exact) mass is 284 g/mol. The van der Waals surface area contributed by atoms with Crippen LogP contribution in [0.2, 0.25) is 0 Å². The molecule has 1 aromatic carbocycles. The lowest BCUT2D eigenvalue weighted by molar-refractivity contribution is 0.0747. The van der Waals surface area contributed by atoms with Gasteiger partial charge in [0.1, 0.15) is 0 Å². The Balaban J connectivity index is 2.26. The van der Waals surface area contributed by atoms with Crippen LogP contribution in [0.3, 0.4) is 0 Å². The fourth-order valence-electron chi connectivity index (χ4n) is 2.42. The number of amides is 1. The summed E-state index contributed by atoms with van der Waals surface area (Å²) in [5.74, 6) is 6.70. The number of nitrogens with zero attached hydrogens (tertiary/aromatic N) is 1. The van der Waals surface area contributed by atoms with E-state index in [1.807, 2.05) is 30.0 Å². The highest BCUT2D eigenvalue weighted by atomic mass is 16.2. The van der Waals surface area contributed by atoms with Crippen LogP contribution in [0.5, 0.6) is 0 Å². The number of carbonyl (C=O) groups is 1. The molecular weight excluding hydrogens is 260 g/mol. The van der Waals surface area contributed by atoms with Gasteiger partial charge in [-0.1, -0.05) is 24.8 Å². The van der Waals surface area contributed by atoms with Crippen LogP contribution in [0.25, 0.3) is 0 Å². The number of rotatable bonds is 5. The van der Waals surface area contributed by atoms with Crippen molar-refractivity contribution in [3.05, 3.63) is 34.9 Å². The second-order valence-corrected chi connectivity index (χ2v) is 5.75. The normalized spacial score (nSPS) is 13.5. The van der Waals surface area contributed by atoms with E-state index in [4.69, 9.17) is 5.73 Å². The van der Waals surface area contributed by atoms with Crippen molar-refractivity contribution in [1.82, 2.24) is 4.90 Å². The van der Waals surface area contributed by atoms with E-state index in [0.717, 1.165) is 30.6 Å². The van der Waals surface area contributed by atoms with Crippen molar-refractivity contribution in [2.24, 2.45) is 11.7 Å². The first-order valence-electron chi connectivity index (χ1n) is 7.74. The standard InChI is InChI=1S/C18H24N2O/c1-3-11-20(13-15-7-8-15)18(21)17-9-6-14(2)12-16(17)5-4-10-19/h6,9,12,15H,3,7-8,10-11,13,19H2,1-2H3. The van der Waals surface area contributed by atoms with Crippen LogP contribution in [0.15, 0.2) is 18.2 Å². The molecule has 0 radical (unpaired) electrons. The maximum Gasteiger partial charge on any atom is 0.255 e. The Hall–Kier alpha value is -1.79. The summed E-state index contributed by atoms with van der Waals surface area (Å²) < 4.78 is 0. The average molecular weight is 284 g/mol. The molecule has 2 N–H and O–H groups in total. The SMILES string of the molecule is CCCN(CC1CC1)C(=O)c1ccc(C)cc1C#CCN. The molecule has 0 bridgehead atoms. The van der Waals surface area contributed by atoms with Gasteiger partial charge in [0, 0.05) is 18.7 Å². The zero-order chi connectivity index (χ0) is 15.2. The molecule has 0 atom stereocenters. The van der Waals surface area contributed by atoms with E-state index < -0.39 is 0 Å². The molecule has 1 aliphatic rings. The molecule has 0 unspecified atom stereocenters. The first-order chi connectivity index (χ1) is 10.2. The zero-order valence-corrected chi connectivity index (χ0v) is 13.0. The smallest absolute Gasteiger partial charge is 0.255 e. The maximum atomic E-state index is 12.8. The Kier molecular flexibility index (Phi) is 5.41. The topological polar surface area (TPSA) is 46.3 Å². The summed E-state index contributed by atoms with van der Waals surface area (Å²) in [6.45, 7) is 6.12. The summed E-state index contributed by atoms with van der Waals surface area (Å²) in [6, 6.07) is 5.84. The van der Waals surface area contributed by atoms with Crippen molar-refractivity contribution >= 4 is 5.91 Å². The Morgan fingerprint density at radius 1 is 1.43 bits per heavy atom. The third kappa shape index (κ3) is 4.34. The molecule has 21 heavy (non-hydrogen) atoms. The van der Waals surface area contributed by atoms with E-state index in [-0.39, 0.29) is 5.91 Å². The van der Waals surface area contributed by atoms with Crippen LogP contribution in [-0.2, 0) is 0 Å². The molecule has 1 saturated carbocycles. The van der Waals surface area contributed by atoms with Gasteiger partial charge in [0.25, 0.3) is 5.91 Å². The summed E-state index contributed by atoms with van der Waals surface area (Å²) in [7, 11) is 0. The lowest BCUT2D eigenvalue weighted by atomic mass is 10.0. The van der Waals surface area contributed by atoms with E-state index >= 15 is 0 Å². The Labute approximate surface area is 127 Å². The number of carbonyl (C=O) groups excluding carboxylic acids is 1. The maximum absolute atomic E-state index is 12.8. The predicted molar refractivity (Wildman–Crippen MR) is 86.0 cm³/mol. The number of hydrogen-bond acceptors (Lipinski definition) is 2. The van der Waals surface area contributed by atoms with Gasteiger partial charge in [0.15, 0.2) is 0 Å². The number of nitrogens with two attached hydrogens (primary N) is 1. The molecule has 1 aromatic rings. The molecule has 1 fully saturated rings. The van der Waals surface area contributed by atoms with E-state index in [0.29, 0.717) is 18.0 Å². The van der Waals surface area contributed by atoms with Crippen molar-refractivity contribution in [3.8, 4) is 11.8 Å². The third-order valence-electron chi connectivity index (χ3n) is 3.69. The predicted octanol–water partition coefficient (Wildman–Crippen LogP) is 2.57. The van der Waals surface area contributed by atoms with Crippen molar-refractivity contribution in [3.63, 3.8) is 0 Å². The summed E-state index contributed by atoms with van der Waals surface area (Å²) in [5, 5.41) is 0. The first kappa shape index (κ1) is 15.6. The average Bonchev–Trinajstić information content (AvgIpc) is 3.28. The number of hydrogen-bond donors (Lipinski definition) is 1. The fraction of sp³-hybridized carbons (Fsp3) is 0.500. The summed E-state index contributed by atoms with van der Waals surface area (Å²) >= 11 is 0. The highest BCUT2D eigenvalue weighted by Gasteiger charge is 2.27. The van der Waals surface area contributed by atoms with Crippen LogP contribution in [-0.4, -0.2) is 30.4 Å². The molecule has 0 aliphatic heterocycles. The molecule has 112 valence electrons. The van der Waals surface area contributed by atoms with Crippen LogP contribution in [0.1, 0.15) is 47.7 Å². The summed E-state index contributed by atoms with van der Waals surface area (Å²) in [6.07, 6.45) is 3.48. The Morgan fingerprint density at radius 3 is 2.81 bits per heavy atom. The van der Waals surface area contributed by atoms with Gasteiger partial charge in [-0.05, 0) is 49.8 Å². The molecule has 0 heterocycles. The van der Waals surface area contributed by atoms with E-state index in [1.165, 1.54) is 12.8 Å². The molecule has 3 heteroatoms. The minimum absolute atomic E-state index is 0.102. The van der Waals surface area contributed by atoms with Crippen molar-refractivity contribution in [1.29, 1.82) is 0 Å². The lowest BCUT2D eigenvalue weighted by Gasteiger charge is -2.23. The number of benzene rings is 1. The van der Waals surface area contributed by atoms with Gasteiger partial charge in [-0.15, -0.1) is 0 Å². The molecule has 3 nitrogen and oxygen atoms in total. The largest absolute Gasteiger partial charge is 0.338 e. The fourth-order valence-corrected chi connectivity index (χ4v) is 2.42. The van der Waals surface area contributed by atoms with Gasteiger partial charge in [0.2, 0.25) is 0 Å². The van der Waals surface area contributed by atoms with Crippen LogP contribution in [0.4, 0.5) is 0 Å². The molecule has 0 aromatic heterocycles. The summed E-state index contributed by atoms with van der Waals surface area (Å²) in [5.41, 5.74) is 8.06. The van der Waals surface area contributed by atoms with Crippen LogP contribution < -0.4 is 5.73 Å². The minimum Gasteiger partial charge on any atom is -0.338 e. The van der Waals surface area contributed by atoms with E-state index in [2.05, 4.69) is 18.8 Å². The highest BCUT2D eigenvalue weighted by Crippen LogP contribution is 2.30. The van der Waals surface area contributed by atoms with Gasteiger partial charge in [0.05, 0.1) is 12.1 Å². The Bertz CT molecular complexity index is 564. The lowest BCUT2D eigenvalue weighted by Crippen LogP contribution is -2.34. The Morgan fingerprint density at radius 2 is 2.19 bits per heavy atom. The van der Waals surface area contributed by atoms with Gasteiger partial charge >= 0.3 is 0 Å². The van der Waals surface area contributed by atoms with Crippen LogP contribution >= 0.6 is 0 Å². The van der Waals surface area contributed by atoms with Gasteiger partial charge in [-0.25, -0.2) is 0 Å². The van der Waals surface area contributed by atoms with Crippen molar-refractivity contribution in [2.45, 2.75) is 33.1 Å². The second-order valence-electron chi connectivity index (χ2n) is 5.75. The molecule has 1 amide bonds. The van der Waals surface area contributed by atoms with E-state index in [1.54, 1.807) is 0 Å². The summed E-state index contributed by atoms with van der Waals surface area (Å²) in [4.78, 5) is 14.8. The molecule has 1 aliphatic carbocycles. The van der Waals surface area contributed by atoms with Gasteiger partial charge < -0.3 is 10.6 Å². The zero-order valence-electron chi connectivity index (χ0n) is 13.0. The number of aryl methyl sites for hydroxylation is 1. The highest BCUT2D eigenvalue weighted by molar-refractivity contribution is 5.97. The van der Waals surface area contributed by atoms with Gasteiger partial charge in [-0.2, -0.15) is 0 Å². The molecular formula is C18H24N2O. The van der Waals surface area contributed by atoms with Crippen molar-refractivity contribution in [2.75, 3.05) is 19.6 Å². The molecule has 2 rings (SSSR count). The second kappa shape index (κ2) is 7.28. The minimum atomic E-state index is 0.102. The first-order valence-corrected chi connectivity index (χ1v) is 7.74. The van der Waals surface area contributed by atoms with Gasteiger partial charge in [-0.3, -0.25) is 4.79 Å². The van der Waals surface area contributed by atoms with Crippen LogP contribution in [0, 0.1) is 24.7 Å². The molecule has 0 spiro atoms. The van der Waals surface area contributed by atoms with Crippen molar-refractivity contribution < 1.29 is 4.79 Å². The molecule has 0 saturated heterocycles. The third-order valence-corrected chi connectivity index (χ3v) is 3.69.